The Morgan fingerprint density at radius 1 is 1.17 bits per heavy atom. The summed E-state index contributed by atoms with van der Waals surface area (Å²) in [5.74, 6) is 0.182. The molecule has 126 valence electrons. The molecular weight excluding hydrogens is 302 g/mol. The Bertz CT molecular complexity index is 769. The molecule has 1 aromatic carbocycles. The van der Waals surface area contributed by atoms with Gasteiger partial charge >= 0.3 is 0 Å². The molecule has 4 rings (SSSR count). The van der Waals surface area contributed by atoms with Gasteiger partial charge in [-0.2, -0.15) is 0 Å². The monoisotopic (exact) mass is 325 g/mol. The van der Waals surface area contributed by atoms with Crippen LogP contribution in [0.15, 0.2) is 24.3 Å². The number of pyridine rings is 1. The quantitative estimate of drug-likeness (QED) is 0.919. The van der Waals surface area contributed by atoms with Crippen LogP contribution in [0, 0.1) is 0 Å². The van der Waals surface area contributed by atoms with Crippen LogP contribution in [0.2, 0.25) is 0 Å². The number of nitrogens with two attached hydrogens (primary N) is 1. The maximum atomic E-state index is 12.6. The minimum Gasteiger partial charge on any atom is -0.396 e. The zero-order valence-corrected chi connectivity index (χ0v) is 13.8. The molecule has 2 aliphatic rings. The first-order valence-electron chi connectivity index (χ1n) is 8.79. The van der Waals surface area contributed by atoms with Gasteiger partial charge in [-0.05, 0) is 18.9 Å². The number of hydrogen-bond acceptors (Lipinski definition) is 5. The van der Waals surface area contributed by atoms with E-state index in [2.05, 4.69) is 4.90 Å². The molecule has 1 aliphatic carbocycles. The summed E-state index contributed by atoms with van der Waals surface area (Å²) in [6.07, 6.45) is 3.60. The molecule has 2 N–H and O–H groups in total. The zero-order valence-electron chi connectivity index (χ0n) is 13.8. The number of Topliss-reactive ketones (excluding diaryl/α,β-unsaturated/α-hetero) is 1. The molecule has 0 amide bonds. The highest BCUT2D eigenvalue weighted by molar-refractivity contribution is 6.00. The second-order valence-corrected chi connectivity index (χ2v) is 6.64. The molecule has 0 spiro atoms. The summed E-state index contributed by atoms with van der Waals surface area (Å²) >= 11 is 0. The van der Waals surface area contributed by atoms with Gasteiger partial charge in [0.05, 0.1) is 41.7 Å². The van der Waals surface area contributed by atoms with E-state index in [9.17, 15) is 4.79 Å². The second-order valence-electron chi connectivity index (χ2n) is 6.64. The predicted octanol–water partition coefficient (Wildman–Crippen LogP) is 2.88. The topological polar surface area (TPSA) is 68.4 Å². The number of ether oxygens (including phenoxy) is 1. The number of anilines is 2. The van der Waals surface area contributed by atoms with E-state index < -0.39 is 0 Å². The summed E-state index contributed by atoms with van der Waals surface area (Å²) in [5.41, 5.74) is 10.0. The number of nitrogens with zero attached hydrogens (tertiary/aromatic N) is 2. The largest absolute Gasteiger partial charge is 0.396 e. The number of para-hydroxylation sites is 1. The lowest BCUT2D eigenvalue weighted by Gasteiger charge is -2.33. The lowest BCUT2D eigenvalue weighted by Crippen LogP contribution is -2.38. The van der Waals surface area contributed by atoms with Crippen molar-refractivity contribution in [1.82, 2.24) is 4.98 Å². The average Bonchev–Trinajstić information content (AvgIpc) is 2.63. The number of carbonyl (C=O) groups excluding carboxylic acids is 1. The highest BCUT2D eigenvalue weighted by atomic mass is 16.5. The van der Waals surface area contributed by atoms with Crippen molar-refractivity contribution in [2.75, 3.05) is 36.9 Å². The fourth-order valence-electron chi connectivity index (χ4n) is 3.88. The van der Waals surface area contributed by atoms with Crippen molar-refractivity contribution in [3.8, 4) is 0 Å². The normalized spacial score (nSPS) is 22.1. The number of fused-ring (bicyclic) bond motifs is 1. The summed E-state index contributed by atoms with van der Waals surface area (Å²) < 4.78 is 5.49. The highest BCUT2D eigenvalue weighted by Crippen LogP contribution is 2.41. The van der Waals surface area contributed by atoms with E-state index >= 15 is 0 Å². The number of carbonyl (C=O) groups is 1. The Hall–Kier alpha value is -2.14. The van der Waals surface area contributed by atoms with Gasteiger partial charge in [0.15, 0.2) is 0 Å². The van der Waals surface area contributed by atoms with Crippen LogP contribution in [0.5, 0.6) is 0 Å². The van der Waals surface area contributed by atoms with Gasteiger partial charge in [0.2, 0.25) is 0 Å². The van der Waals surface area contributed by atoms with Crippen molar-refractivity contribution in [1.29, 1.82) is 0 Å². The lowest BCUT2D eigenvalue weighted by atomic mass is 9.84. The molecule has 1 aliphatic heterocycles. The molecule has 1 saturated heterocycles. The molecule has 5 nitrogen and oxygen atoms in total. The first-order chi connectivity index (χ1) is 11.8. The first-order valence-corrected chi connectivity index (χ1v) is 8.79. The van der Waals surface area contributed by atoms with Crippen LogP contribution < -0.4 is 10.6 Å². The maximum absolute atomic E-state index is 12.6. The standard InChI is InChI=1S/C19H23N3O2/c20-17-13-5-1-3-7-15(13)21-18(14-6-2-4-8-16(14)23)19(17)22-9-11-24-12-10-22/h1,3,5,7,14H,2,4,6,8-12H2,(H2,20,21)/t14-/m1/s1. The Balaban J connectivity index is 1.90. The van der Waals surface area contributed by atoms with Gasteiger partial charge in [-0.1, -0.05) is 24.6 Å². The van der Waals surface area contributed by atoms with Crippen molar-refractivity contribution in [3.63, 3.8) is 0 Å². The van der Waals surface area contributed by atoms with E-state index in [4.69, 9.17) is 15.5 Å². The number of nitrogen functional groups attached to an aromatic ring is 1. The highest BCUT2D eigenvalue weighted by Gasteiger charge is 2.31. The molecule has 1 saturated carbocycles. The molecule has 0 bridgehead atoms. The van der Waals surface area contributed by atoms with Crippen molar-refractivity contribution in [3.05, 3.63) is 30.0 Å². The summed E-state index contributed by atoms with van der Waals surface area (Å²) in [4.78, 5) is 19.7. The van der Waals surface area contributed by atoms with Crippen LogP contribution in [0.4, 0.5) is 11.4 Å². The van der Waals surface area contributed by atoms with Crippen LogP contribution in [0.3, 0.4) is 0 Å². The number of ketones is 1. The van der Waals surface area contributed by atoms with Gasteiger partial charge in [0, 0.05) is 24.9 Å². The molecule has 2 heterocycles. The predicted molar refractivity (Wildman–Crippen MR) is 95.4 cm³/mol. The second kappa shape index (κ2) is 6.40. The Kier molecular flexibility index (Phi) is 4.10. The van der Waals surface area contributed by atoms with Crippen molar-refractivity contribution in [2.24, 2.45) is 0 Å². The van der Waals surface area contributed by atoms with E-state index in [0.29, 0.717) is 25.4 Å². The Labute approximate surface area is 141 Å². The lowest BCUT2D eigenvalue weighted by molar-refractivity contribution is -0.121. The number of aromatic nitrogens is 1. The molecule has 0 unspecified atom stereocenters. The maximum Gasteiger partial charge on any atom is 0.142 e. The van der Waals surface area contributed by atoms with Gasteiger partial charge in [0.25, 0.3) is 0 Å². The summed E-state index contributed by atoms with van der Waals surface area (Å²) in [5, 5.41) is 0.964. The summed E-state index contributed by atoms with van der Waals surface area (Å²) in [7, 11) is 0. The first kappa shape index (κ1) is 15.4. The van der Waals surface area contributed by atoms with Crippen LogP contribution in [0.25, 0.3) is 10.9 Å². The summed E-state index contributed by atoms with van der Waals surface area (Å²) in [6.45, 7) is 2.95. The van der Waals surface area contributed by atoms with E-state index in [-0.39, 0.29) is 5.92 Å². The average molecular weight is 325 g/mol. The van der Waals surface area contributed by atoms with Gasteiger partial charge in [-0.3, -0.25) is 4.79 Å². The number of morpholine rings is 1. The molecule has 0 radical (unpaired) electrons. The van der Waals surface area contributed by atoms with Gasteiger partial charge in [-0.15, -0.1) is 0 Å². The third kappa shape index (κ3) is 2.63. The number of rotatable bonds is 2. The smallest absolute Gasteiger partial charge is 0.142 e. The summed E-state index contributed by atoms with van der Waals surface area (Å²) in [6, 6.07) is 7.93. The molecule has 1 aromatic heterocycles. The van der Waals surface area contributed by atoms with Gasteiger partial charge in [-0.25, -0.2) is 4.98 Å². The molecule has 1 atom stereocenters. The fraction of sp³-hybridized carbons (Fsp3) is 0.474. The van der Waals surface area contributed by atoms with E-state index in [1.165, 1.54) is 0 Å². The van der Waals surface area contributed by atoms with E-state index in [0.717, 1.165) is 60.3 Å². The Morgan fingerprint density at radius 2 is 1.96 bits per heavy atom. The van der Waals surface area contributed by atoms with Crippen molar-refractivity contribution < 1.29 is 9.53 Å². The third-order valence-electron chi connectivity index (χ3n) is 5.14. The van der Waals surface area contributed by atoms with E-state index in [1.54, 1.807) is 0 Å². The van der Waals surface area contributed by atoms with Gasteiger partial charge in [0.1, 0.15) is 5.78 Å². The Morgan fingerprint density at radius 3 is 2.75 bits per heavy atom. The minimum absolute atomic E-state index is 0.122. The number of hydrogen-bond donors (Lipinski definition) is 1. The molecule has 2 aromatic rings. The third-order valence-corrected chi connectivity index (χ3v) is 5.14. The zero-order chi connectivity index (χ0) is 16.5. The van der Waals surface area contributed by atoms with Crippen molar-refractivity contribution >= 4 is 28.1 Å². The fourth-order valence-corrected chi connectivity index (χ4v) is 3.88. The van der Waals surface area contributed by atoms with Crippen LogP contribution in [0.1, 0.15) is 37.3 Å². The SMILES string of the molecule is Nc1c(N2CCOCC2)c([C@@H]2CCCCC2=O)nc2ccccc12. The van der Waals surface area contributed by atoms with Crippen LogP contribution >= 0.6 is 0 Å². The minimum atomic E-state index is -0.122. The molecule has 2 fully saturated rings. The van der Waals surface area contributed by atoms with Crippen molar-refractivity contribution in [2.45, 2.75) is 31.6 Å². The van der Waals surface area contributed by atoms with Crippen LogP contribution in [-0.2, 0) is 9.53 Å². The number of benzene rings is 1. The van der Waals surface area contributed by atoms with E-state index in [1.807, 2.05) is 24.3 Å². The van der Waals surface area contributed by atoms with Gasteiger partial charge < -0.3 is 15.4 Å². The molecular formula is C19H23N3O2. The molecule has 5 heteroatoms. The molecule has 24 heavy (non-hydrogen) atoms. The van der Waals surface area contributed by atoms with Crippen LogP contribution in [-0.4, -0.2) is 37.1 Å².